The maximum absolute atomic E-state index is 8.19. The zero-order valence-corrected chi connectivity index (χ0v) is 7.64. The molecule has 0 aliphatic rings. The van der Waals surface area contributed by atoms with Crippen LogP contribution in [0.3, 0.4) is 0 Å². The molecule has 0 heterocycles. The standard InChI is InChI=1S/C7H14ClN3O/c1-6(8)5-10-4-2-3-7(9)11-12/h10,12H,1-5H2,(H2,9,11). The Labute approximate surface area is 77.1 Å². The summed E-state index contributed by atoms with van der Waals surface area (Å²) in [4.78, 5) is 0. The smallest absolute Gasteiger partial charge is 0.139 e. The second-order valence-electron chi connectivity index (χ2n) is 2.39. The van der Waals surface area contributed by atoms with E-state index in [4.69, 9.17) is 22.5 Å². The number of rotatable bonds is 6. The summed E-state index contributed by atoms with van der Waals surface area (Å²) < 4.78 is 0. The van der Waals surface area contributed by atoms with Gasteiger partial charge in [-0.15, -0.1) is 0 Å². The summed E-state index contributed by atoms with van der Waals surface area (Å²) in [5, 5.41) is 14.7. The number of amidine groups is 1. The number of hydrogen-bond donors (Lipinski definition) is 3. The van der Waals surface area contributed by atoms with Crippen molar-refractivity contribution in [1.82, 2.24) is 5.32 Å². The Balaban J connectivity index is 3.16. The molecule has 0 spiro atoms. The molecule has 12 heavy (non-hydrogen) atoms. The van der Waals surface area contributed by atoms with Gasteiger partial charge in [-0.2, -0.15) is 0 Å². The van der Waals surface area contributed by atoms with Gasteiger partial charge in [0.1, 0.15) is 5.84 Å². The minimum Gasteiger partial charge on any atom is -0.409 e. The van der Waals surface area contributed by atoms with Gasteiger partial charge in [0, 0.05) is 18.0 Å². The SMILES string of the molecule is C=C(Cl)CNCCCC(N)=NO. The summed E-state index contributed by atoms with van der Waals surface area (Å²) in [6.07, 6.45) is 1.40. The molecule has 0 rings (SSSR count). The van der Waals surface area contributed by atoms with Crippen LogP contribution in [0.15, 0.2) is 16.8 Å². The van der Waals surface area contributed by atoms with Crippen LogP contribution in [0.5, 0.6) is 0 Å². The van der Waals surface area contributed by atoms with Crippen molar-refractivity contribution in [2.24, 2.45) is 10.9 Å². The summed E-state index contributed by atoms with van der Waals surface area (Å²) in [6, 6.07) is 0. The maximum atomic E-state index is 8.19. The van der Waals surface area contributed by atoms with Gasteiger partial charge in [-0.1, -0.05) is 23.3 Å². The van der Waals surface area contributed by atoms with Crippen LogP contribution in [0.4, 0.5) is 0 Å². The van der Waals surface area contributed by atoms with E-state index < -0.39 is 0 Å². The molecule has 0 saturated heterocycles. The average Bonchev–Trinajstić information content (AvgIpc) is 2.03. The Morgan fingerprint density at radius 3 is 2.83 bits per heavy atom. The molecular weight excluding hydrogens is 178 g/mol. The Morgan fingerprint density at radius 1 is 1.67 bits per heavy atom. The van der Waals surface area contributed by atoms with Gasteiger partial charge < -0.3 is 16.3 Å². The molecule has 0 amide bonds. The van der Waals surface area contributed by atoms with E-state index in [0.717, 1.165) is 13.0 Å². The quantitative estimate of drug-likeness (QED) is 0.192. The topological polar surface area (TPSA) is 70.6 Å². The van der Waals surface area contributed by atoms with Crippen molar-refractivity contribution in [3.63, 3.8) is 0 Å². The van der Waals surface area contributed by atoms with Crippen molar-refractivity contribution in [2.75, 3.05) is 13.1 Å². The van der Waals surface area contributed by atoms with E-state index in [2.05, 4.69) is 17.1 Å². The predicted octanol–water partition coefficient (Wildman–Crippen LogP) is 0.855. The second-order valence-corrected chi connectivity index (χ2v) is 2.92. The lowest BCUT2D eigenvalue weighted by molar-refractivity contribution is 0.316. The molecule has 70 valence electrons. The van der Waals surface area contributed by atoms with Crippen LogP contribution in [0.1, 0.15) is 12.8 Å². The van der Waals surface area contributed by atoms with Gasteiger partial charge in [0.15, 0.2) is 0 Å². The first-order chi connectivity index (χ1) is 5.66. The van der Waals surface area contributed by atoms with Gasteiger partial charge in [0.05, 0.1) is 0 Å². The third-order valence-corrected chi connectivity index (χ3v) is 1.37. The van der Waals surface area contributed by atoms with Gasteiger partial charge in [-0.3, -0.25) is 0 Å². The Hall–Kier alpha value is -0.740. The minimum absolute atomic E-state index is 0.251. The first-order valence-corrected chi connectivity index (χ1v) is 4.05. The molecule has 0 atom stereocenters. The van der Waals surface area contributed by atoms with E-state index in [0.29, 0.717) is 18.0 Å². The molecule has 4 nitrogen and oxygen atoms in total. The fourth-order valence-electron chi connectivity index (χ4n) is 0.669. The van der Waals surface area contributed by atoms with Gasteiger partial charge in [-0.25, -0.2) is 0 Å². The molecule has 4 N–H and O–H groups in total. The molecule has 0 aliphatic carbocycles. The number of hydrogen-bond acceptors (Lipinski definition) is 3. The summed E-state index contributed by atoms with van der Waals surface area (Å²) in [5.74, 6) is 0.251. The van der Waals surface area contributed by atoms with Crippen LogP contribution in [-0.4, -0.2) is 24.1 Å². The highest BCUT2D eigenvalue weighted by atomic mass is 35.5. The first kappa shape index (κ1) is 11.3. The highest BCUT2D eigenvalue weighted by Gasteiger charge is 1.93. The lowest BCUT2D eigenvalue weighted by Gasteiger charge is -2.01. The number of halogens is 1. The number of oxime groups is 1. The van der Waals surface area contributed by atoms with Crippen LogP contribution in [0.2, 0.25) is 0 Å². The van der Waals surface area contributed by atoms with E-state index in [1.807, 2.05) is 0 Å². The van der Waals surface area contributed by atoms with Crippen LogP contribution < -0.4 is 11.1 Å². The van der Waals surface area contributed by atoms with E-state index in [1.165, 1.54) is 0 Å². The third kappa shape index (κ3) is 7.37. The Bertz CT molecular complexity index is 170. The molecule has 0 fully saturated rings. The maximum Gasteiger partial charge on any atom is 0.139 e. The van der Waals surface area contributed by atoms with E-state index in [1.54, 1.807) is 0 Å². The summed E-state index contributed by atoms with van der Waals surface area (Å²) >= 11 is 5.50. The molecule has 0 unspecified atom stereocenters. The van der Waals surface area contributed by atoms with Gasteiger partial charge in [0.25, 0.3) is 0 Å². The van der Waals surface area contributed by atoms with Crippen molar-refractivity contribution < 1.29 is 5.21 Å². The molecule has 0 saturated carbocycles. The van der Waals surface area contributed by atoms with Crippen LogP contribution in [-0.2, 0) is 0 Å². The van der Waals surface area contributed by atoms with Crippen LogP contribution in [0, 0.1) is 0 Å². The summed E-state index contributed by atoms with van der Waals surface area (Å²) in [6.45, 7) is 4.89. The minimum atomic E-state index is 0.251. The molecular formula is C7H14ClN3O. The molecule has 0 bridgehead atoms. The number of nitrogens with one attached hydrogen (secondary N) is 1. The molecule has 0 aromatic rings. The largest absolute Gasteiger partial charge is 0.409 e. The average molecular weight is 192 g/mol. The summed E-state index contributed by atoms with van der Waals surface area (Å²) in [7, 11) is 0. The highest BCUT2D eigenvalue weighted by Crippen LogP contribution is 1.93. The lowest BCUT2D eigenvalue weighted by Crippen LogP contribution is -2.19. The predicted molar refractivity (Wildman–Crippen MR) is 50.5 cm³/mol. The van der Waals surface area contributed by atoms with E-state index in [9.17, 15) is 0 Å². The molecule has 0 aliphatic heterocycles. The zero-order valence-electron chi connectivity index (χ0n) is 6.89. The van der Waals surface area contributed by atoms with Gasteiger partial charge >= 0.3 is 0 Å². The first-order valence-electron chi connectivity index (χ1n) is 3.67. The number of nitrogens with zero attached hydrogens (tertiary/aromatic N) is 1. The molecule has 0 aromatic heterocycles. The zero-order chi connectivity index (χ0) is 9.40. The normalized spacial score (nSPS) is 11.6. The molecule has 5 heteroatoms. The van der Waals surface area contributed by atoms with Gasteiger partial charge in [-0.05, 0) is 13.0 Å². The fraction of sp³-hybridized carbons (Fsp3) is 0.571. The highest BCUT2D eigenvalue weighted by molar-refractivity contribution is 6.29. The van der Waals surface area contributed by atoms with Crippen LogP contribution >= 0.6 is 11.6 Å². The van der Waals surface area contributed by atoms with Crippen molar-refractivity contribution in [1.29, 1.82) is 0 Å². The monoisotopic (exact) mass is 191 g/mol. The third-order valence-electron chi connectivity index (χ3n) is 1.23. The van der Waals surface area contributed by atoms with Crippen LogP contribution in [0.25, 0.3) is 0 Å². The van der Waals surface area contributed by atoms with Crippen molar-refractivity contribution >= 4 is 17.4 Å². The van der Waals surface area contributed by atoms with E-state index >= 15 is 0 Å². The Kier molecular flexibility index (Phi) is 6.51. The molecule has 0 aromatic carbocycles. The summed E-state index contributed by atoms with van der Waals surface area (Å²) in [5.41, 5.74) is 5.24. The van der Waals surface area contributed by atoms with Crippen molar-refractivity contribution in [3.8, 4) is 0 Å². The Morgan fingerprint density at radius 2 is 2.33 bits per heavy atom. The van der Waals surface area contributed by atoms with Crippen molar-refractivity contribution in [2.45, 2.75) is 12.8 Å². The van der Waals surface area contributed by atoms with E-state index in [-0.39, 0.29) is 5.84 Å². The number of nitrogens with two attached hydrogens (primary N) is 1. The van der Waals surface area contributed by atoms with Gasteiger partial charge in [0.2, 0.25) is 0 Å². The fourth-order valence-corrected chi connectivity index (χ4v) is 0.763. The lowest BCUT2D eigenvalue weighted by atomic mass is 10.3. The second kappa shape index (κ2) is 6.94. The van der Waals surface area contributed by atoms with Crippen molar-refractivity contribution in [3.05, 3.63) is 11.6 Å². The molecule has 0 radical (unpaired) electrons.